The standard InChI is InChI=1S/C18H19ClN2O2/c1-2-23-17-8-7-14(10-15(17)19)21-18(22)16-9-12-5-3-4-6-13(12)11-20-16/h3-8,10,16,20H,2,9,11H2,1H3,(H,21,22). The van der Waals surface area contributed by atoms with Crippen LogP contribution in [0.4, 0.5) is 5.69 Å². The highest BCUT2D eigenvalue weighted by atomic mass is 35.5. The lowest BCUT2D eigenvalue weighted by molar-refractivity contribution is -0.118. The molecule has 0 spiro atoms. The van der Waals surface area contributed by atoms with Crippen LogP contribution < -0.4 is 15.4 Å². The molecule has 1 heterocycles. The first-order chi connectivity index (χ1) is 11.2. The third-order valence-electron chi connectivity index (χ3n) is 3.90. The van der Waals surface area contributed by atoms with Gasteiger partial charge in [-0.25, -0.2) is 0 Å². The minimum Gasteiger partial charge on any atom is -0.492 e. The van der Waals surface area contributed by atoms with Gasteiger partial charge in [0.25, 0.3) is 0 Å². The fourth-order valence-electron chi connectivity index (χ4n) is 2.72. The molecule has 0 aromatic heterocycles. The number of amides is 1. The Morgan fingerprint density at radius 2 is 2.09 bits per heavy atom. The van der Waals surface area contributed by atoms with Crippen molar-refractivity contribution in [2.75, 3.05) is 11.9 Å². The first kappa shape index (κ1) is 15.8. The molecule has 0 fully saturated rings. The van der Waals surface area contributed by atoms with Crippen molar-refractivity contribution in [3.05, 3.63) is 58.6 Å². The third-order valence-corrected chi connectivity index (χ3v) is 4.19. The zero-order valence-electron chi connectivity index (χ0n) is 12.9. The first-order valence-corrected chi connectivity index (χ1v) is 8.08. The Bertz CT molecular complexity index is 718. The molecule has 5 heteroatoms. The fourth-order valence-corrected chi connectivity index (χ4v) is 2.96. The zero-order valence-corrected chi connectivity index (χ0v) is 13.7. The van der Waals surface area contributed by atoms with Crippen molar-refractivity contribution in [3.63, 3.8) is 0 Å². The summed E-state index contributed by atoms with van der Waals surface area (Å²) >= 11 is 6.15. The molecule has 4 nitrogen and oxygen atoms in total. The molecule has 3 rings (SSSR count). The summed E-state index contributed by atoms with van der Waals surface area (Å²) in [7, 11) is 0. The van der Waals surface area contributed by atoms with Crippen molar-refractivity contribution in [1.29, 1.82) is 0 Å². The molecule has 0 bridgehead atoms. The second kappa shape index (κ2) is 7.02. The molecule has 1 aliphatic rings. The number of carbonyl (C=O) groups excluding carboxylic acids is 1. The second-order valence-corrected chi connectivity index (χ2v) is 5.88. The average Bonchev–Trinajstić information content (AvgIpc) is 2.57. The highest BCUT2D eigenvalue weighted by Gasteiger charge is 2.24. The number of ether oxygens (including phenoxy) is 1. The van der Waals surface area contributed by atoms with Gasteiger partial charge < -0.3 is 15.4 Å². The number of nitrogens with one attached hydrogen (secondary N) is 2. The maximum Gasteiger partial charge on any atom is 0.241 e. The topological polar surface area (TPSA) is 50.4 Å². The second-order valence-electron chi connectivity index (χ2n) is 5.47. The van der Waals surface area contributed by atoms with Crippen molar-refractivity contribution < 1.29 is 9.53 Å². The lowest BCUT2D eigenvalue weighted by Gasteiger charge is -2.25. The Balaban J connectivity index is 1.67. The molecule has 1 amide bonds. The van der Waals surface area contributed by atoms with E-state index in [2.05, 4.69) is 22.8 Å². The molecule has 2 aromatic carbocycles. The Morgan fingerprint density at radius 1 is 1.30 bits per heavy atom. The molecule has 0 saturated heterocycles. The predicted octanol–water partition coefficient (Wildman–Crippen LogP) is 3.39. The molecular formula is C18H19ClN2O2. The number of carbonyl (C=O) groups is 1. The van der Waals surface area contributed by atoms with Crippen LogP contribution in [0.2, 0.25) is 5.02 Å². The van der Waals surface area contributed by atoms with E-state index in [4.69, 9.17) is 16.3 Å². The van der Waals surface area contributed by atoms with Crippen LogP contribution in [-0.2, 0) is 17.8 Å². The number of fused-ring (bicyclic) bond motifs is 1. The largest absolute Gasteiger partial charge is 0.492 e. The van der Waals surface area contributed by atoms with Crippen LogP contribution in [0.3, 0.4) is 0 Å². The van der Waals surface area contributed by atoms with Crippen molar-refractivity contribution in [2.24, 2.45) is 0 Å². The molecule has 23 heavy (non-hydrogen) atoms. The van der Waals surface area contributed by atoms with Crippen LogP contribution in [0.15, 0.2) is 42.5 Å². The summed E-state index contributed by atoms with van der Waals surface area (Å²) in [4.78, 5) is 12.5. The Morgan fingerprint density at radius 3 is 2.83 bits per heavy atom. The summed E-state index contributed by atoms with van der Waals surface area (Å²) in [6.07, 6.45) is 0.687. The molecule has 2 N–H and O–H groups in total. The van der Waals surface area contributed by atoms with E-state index in [1.165, 1.54) is 11.1 Å². The summed E-state index contributed by atoms with van der Waals surface area (Å²) in [5.41, 5.74) is 3.14. The van der Waals surface area contributed by atoms with Crippen molar-refractivity contribution in [1.82, 2.24) is 5.32 Å². The monoisotopic (exact) mass is 330 g/mol. The Kier molecular flexibility index (Phi) is 4.84. The van der Waals surface area contributed by atoms with Gasteiger partial charge in [-0.15, -0.1) is 0 Å². The van der Waals surface area contributed by atoms with E-state index in [1.807, 2.05) is 19.1 Å². The van der Waals surface area contributed by atoms with Gasteiger partial charge in [-0.1, -0.05) is 35.9 Å². The van der Waals surface area contributed by atoms with Gasteiger partial charge in [-0.05, 0) is 42.7 Å². The number of hydrogen-bond acceptors (Lipinski definition) is 3. The van der Waals surface area contributed by atoms with E-state index < -0.39 is 0 Å². The summed E-state index contributed by atoms with van der Waals surface area (Å²) in [5.74, 6) is 0.566. The van der Waals surface area contributed by atoms with Gasteiger partial charge in [0.05, 0.1) is 17.7 Å². The van der Waals surface area contributed by atoms with Gasteiger partial charge >= 0.3 is 0 Å². The van der Waals surface area contributed by atoms with Crippen LogP contribution in [0.25, 0.3) is 0 Å². The molecule has 120 valence electrons. The van der Waals surface area contributed by atoms with Crippen LogP contribution in [0.1, 0.15) is 18.1 Å². The first-order valence-electron chi connectivity index (χ1n) is 7.70. The normalized spacial score (nSPS) is 16.5. The molecule has 1 unspecified atom stereocenters. The van der Waals surface area contributed by atoms with Crippen molar-refractivity contribution in [2.45, 2.75) is 25.9 Å². The Hall–Kier alpha value is -2.04. The Labute approximate surface area is 140 Å². The zero-order chi connectivity index (χ0) is 16.2. The highest BCUT2D eigenvalue weighted by molar-refractivity contribution is 6.32. The molecule has 0 radical (unpaired) electrons. The van der Waals surface area contributed by atoms with E-state index >= 15 is 0 Å². The van der Waals surface area contributed by atoms with Crippen LogP contribution in [0, 0.1) is 0 Å². The summed E-state index contributed by atoms with van der Waals surface area (Å²) < 4.78 is 5.39. The van der Waals surface area contributed by atoms with Crippen molar-refractivity contribution in [3.8, 4) is 5.75 Å². The van der Waals surface area contributed by atoms with Gasteiger partial charge in [0.2, 0.25) is 5.91 Å². The molecule has 0 saturated carbocycles. The molecule has 1 atom stereocenters. The van der Waals surface area contributed by atoms with E-state index in [9.17, 15) is 4.79 Å². The predicted molar refractivity (Wildman–Crippen MR) is 92.0 cm³/mol. The van der Waals surface area contributed by atoms with Gasteiger partial charge in [0.1, 0.15) is 5.75 Å². The SMILES string of the molecule is CCOc1ccc(NC(=O)C2Cc3ccccc3CN2)cc1Cl. The molecule has 2 aromatic rings. The smallest absolute Gasteiger partial charge is 0.241 e. The van der Waals surface area contributed by atoms with E-state index in [0.29, 0.717) is 36.0 Å². The number of anilines is 1. The van der Waals surface area contributed by atoms with Crippen molar-refractivity contribution >= 4 is 23.2 Å². The lowest BCUT2D eigenvalue weighted by Crippen LogP contribution is -2.44. The third kappa shape index (κ3) is 3.66. The van der Waals surface area contributed by atoms with Crippen LogP contribution >= 0.6 is 11.6 Å². The average molecular weight is 331 g/mol. The highest BCUT2D eigenvalue weighted by Crippen LogP contribution is 2.28. The quantitative estimate of drug-likeness (QED) is 0.903. The number of hydrogen-bond donors (Lipinski definition) is 2. The van der Waals surface area contributed by atoms with E-state index in [0.717, 1.165) is 0 Å². The molecule has 0 aliphatic carbocycles. The minimum absolute atomic E-state index is 0.0558. The van der Waals surface area contributed by atoms with Gasteiger partial charge in [-0.3, -0.25) is 4.79 Å². The maximum absolute atomic E-state index is 12.5. The van der Waals surface area contributed by atoms with E-state index in [-0.39, 0.29) is 11.9 Å². The summed E-state index contributed by atoms with van der Waals surface area (Å²) in [6, 6.07) is 13.2. The number of halogens is 1. The van der Waals surface area contributed by atoms with E-state index in [1.54, 1.807) is 18.2 Å². The number of benzene rings is 2. The van der Waals surface area contributed by atoms with Crippen LogP contribution in [-0.4, -0.2) is 18.6 Å². The fraction of sp³-hybridized carbons (Fsp3) is 0.278. The lowest BCUT2D eigenvalue weighted by atomic mass is 9.95. The molecular weight excluding hydrogens is 312 g/mol. The van der Waals surface area contributed by atoms with Crippen LogP contribution in [0.5, 0.6) is 5.75 Å². The summed E-state index contributed by atoms with van der Waals surface area (Å²) in [5, 5.41) is 6.68. The maximum atomic E-state index is 12.5. The van der Waals surface area contributed by atoms with Gasteiger partial charge in [0.15, 0.2) is 0 Å². The molecule has 1 aliphatic heterocycles. The number of rotatable bonds is 4. The van der Waals surface area contributed by atoms with Gasteiger partial charge in [-0.2, -0.15) is 0 Å². The minimum atomic E-state index is -0.241. The van der Waals surface area contributed by atoms with Gasteiger partial charge in [0, 0.05) is 12.2 Å². The summed E-state index contributed by atoms with van der Waals surface area (Å²) in [6.45, 7) is 3.16.